The van der Waals surface area contributed by atoms with Gasteiger partial charge in [0.25, 0.3) is 0 Å². The number of halogens is 1. The maximum Gasteiger partial charge on any atom is 0.340 e. The molecule has 1 aromatic heterocycles. The third-order valence-corrected chi connectivity index (χ3v) is 4.66. The molecule has 0 bridgehead atoms. The highest BCUT2D eigenvalue weighted by atomic mass is 19.1. The van der Waals surface area contributed by atoms with E-state index in [4.69, 9.17) is 18.9 Å². The Morgan fingerprint density at radius 1 is 0.971 bits per heavy atom. The van der Waals surface area contributed by atoms with Crippen LogP contribution in [0.5, 0.6) is 17.2 Å². The largest absolute Gasteiger partial charge is 0.493 e. The number of aromatic nitrogens is 1. The molecule has 0 atom stereocenters. The lowest BCUT2D eigenvalue weighted by Gasteiger charge is -2.14. The SMILES string of the molecule is CC.CCOC(=O)c1cnc(C(=O)c2cc(OC(C)C)ccc2F)c2cc(OC)c(OC)cc12. The van der Waals surface area contributed by atoms with Crippen LogP contribution in [0.3, 0.4) is 0 Å². The van der Waals surface area contributed by atoms with Crippen molar-refractivity contribution in [2.75, 3.05) is 20.8 Å². The molecule has 0 aliphatic carbocycles. The Morgan fingerprint density at radius 2 is 1.59 bits per heavy atom. The topological polar surface area (TPSA) is 84.0 Å². The highest BCUT2D eigenvalue weighted by Crippen LogP contribution is 2.36. The number of ether oxygens (including phenoxy) is 4. The van der Waals surface area contributed by atoms with Gasteiger partial charge in [-0.3, -0.25) is 9.78 Å². The smallest absolute Gasteiger partial charge is 0.340 e. The van der Waals surface area contributed by atoms with Gasteiger partial charge in [-0.1, -0.05) is 13.8 Å². The summed E-state index contributed by atoms with van der Waals surface area (Å²) in [5.74, 6) is -0.936. The zero-order valence-electron chi connectivity index (χ0n) is 20.5. The summed E-state index contributed by atoms with van der Waals surface area (Å²) in [5.41, 5.74) is -0.0954. The number of esters is 1. The van der Waals surface area contributed by atoms with E-state index >= 15 is 0 Å². The van der Waals surface area contributed by atoms with E-state index in [0.717, 1.165) is 0 Å². The quantitative estimate of drug-likeness (QED) is 0.312. The second kappa shape index (κ2) is 12.0. The Hall–Kier alpha value is -3.68. The fourth-order valence-corrected chi connectivity index (χ4v) is 3.27. The van der Waals surface area contributed by atoms with Crippen LogP contribution in [0.15, 0.2) is 36.5 Å². The van der Waals surface area contributed by atoms with Crippen molar-refractivity contribution in [3.8, 4) is 17.2 Å². The Bertz CT molecular complexity index is 1180. The van der Waals surface area contributed by atoms with Crippen LogP contribution in [0.25, 0.3) is 10.8 Å². The van der Waals surface area contributed by atoms with Crippen LogP contribution in [0, 0.1) is 5.82 Å². The normalized spacial score (nSPS) is 10.4. The van der Waals surface area contributed by atoms with Crippen molar-refractivity contribution in [2.24, 2.45) is 0 Å². The average molecular weight is 472 g/mol. The molecule has 0 radical (unpaired) electrons. The number of rotatable bonds is 8. The van der Waals surface area contributed by atoms with E-state index in [1.165, 1.54) is 44.7 Å². The fraction of sp³-hybridized carbons (Fsp3) is 0.346. The Labute approximate surface area is 198 Å². The molecule has 0 aliphatic heterocycles. The monoisotopic (exact) mass is 471 g/mol. The number of fused-ring (bicyclic) bond motifs is 1. The van der Waals surface area contributed by atoms with E-state index < -0.39 is 17.6 Å². The van der Waals surface area contributed by atoms with Gasteiger partial charge in [0.2, 0.25) is 5.78 Å². The second-order valence-corrected chi connectivity index (χ2v) is 7.13. The minimum atomic E-state index is -0.712. The summed E-state index contributed by atoms with van der Waals surface area (Å²) in [6.45, 7) is 9.51. The summed E-state index contributed by atoms with van der Waals surface area (Å²) in [6, 6.07) is 7.06. The Morgan fingerprint density at radius 3 is 2.15 bits per heavy atom. The zero-order valence-corrected chi connectivity index (χ0v) is 20.5. The first-order chi connectivity index (χ1) is 16.3. The third-order valence-electron chi connectivity index (χ3n) is 4.66. The van der Waals surface area contributed by atoms with Crippen molar-refractivity contribution in [1.82, 2.24) is 4.98 Å². The molecule has 182 valence electrons. The minimum Gasteiger partial charge on any atom is -0.493 e. The van der Waals surface area contributed by atoms with Crippen molar-refractivity contribution in [1.29, 1.82) is 0 Å². The Balaban J connectivity index is 0.00000199. The summed E-state index contributed by atoms with van der Waals surface area (Å²) >= 11 is 0. The van der Waals surface area contributed by atoms with Gasteiger partial charge in [0.1, 0.15) is 17.3 Å². The van der Waals surface area contributed by atoms with Gasteiger partial charge in [-0.2, -0.15) is 0 Å². The van der Waals surface area contributed by atoms with Crippen LogP contribution in [-0.2, 0) is 4.74 Å². The first-order valence-electron chi connectivity index (χ1n) is 11.0. The maximum absolute atomic E-state index is 14.6. The van der Waals surface area contributed by atoms with Gasteiger partial charge < -0.3 is 18.9 Å². The van der Waals surface area contributed by atoms with E-state index in [9.17, 15) is 14.0 Å². The van der Waals surface area contributed by atoms with E-state index in [-0.39, 0.29) is 29.5 Å². The van der Waals surface area contributed by atoms with Crippen LogP contribution in [0.4, 0.5) is 4.39 Å². The fourth-order valence-electron chi connectivity index (χ4n) is 3.27. The van der Waals surface area contributed by atoms with Crippen molar-refractivity contribution in [3.63, 3.8) is 0 Å². The van der Waals surface area contributed by atoms with Crippen molar-refractivity contribution in [2.45, 2.75) is 40.7 Å². The molecule has 0 spiro atoms. The lowest BCUT2D eigenvalue weighted by Crippen LogP contribution is -2.12. The first kappa shape index (κ1) is 26.6. The molecular formula is C26H30FNO6. The number of benzene rings is 2. The molecule has 34 heavy (non-hydrogen) atoms. The van der Waals surface area contributed by atoms with Crippen LogP contribution < -0.4 is 14.2 Å². The summed E-state index contributed by atoms with van der Waals surface area (Å²) in [4.78, 5) is 30.0. The lowest BCUT2D eigenvalue weighted by atomic mass is 9.98. The summed E-state index contributed by atoms with van der Waals surface area (Å²) in [6.07, 6.45) is 1.09. The zero-order chi connectivity index (χ0) is 25.4. The van der Waals surface area contributed by atoms with Gasteiger partial charge >= 0.3 is 5.97 Å². The number of methoxy groups -OCH3 is 2. The summed E-state index contributed by atoms with van der Waals surface area (Å²) in [5, 5.41) is 0.669. The Kier molecular flexibility index (Phi) is 9.36. The number of ketones is 1. The maximum atomic E-state index is 14.6. The van der Waals surface area contributed by atoms with E-state index in [1.54, 1.807) is 13.0 Å². The molecule has 3 aromatic rings. The molecule has 0 aliphatic rings. The van der Waals surface area contributed by atoms with Crippen molar-refractivity contribution >= 4 is 22.5 Å². The van der Waals surface area contributed by atoms with Gasteiger partial charge in [0.05, 0.1) is 38.1 Å². The lowest BCUT2D eigenvalue weighted by molar-refractivity contribution is 0.0528. The second-order valence-electron chi connectivity index (χ2n) is 7.13. The number of pyridine rings is 1. The molecule has 0 unspecified atom stereocenters. The van der Waals surface area contributed by atoms with Gasteiger partial charge in [0, 0.05) is 17.0 Å². The summed E-state index contributed by atoms with van der Waals surface area (Å²) < 4.78 is 36.0. The number of hydrogen-bond donors (Lipinski definition) is 0. The first-order valence-corrected chi connectivity index (χ1v) is 11.0. The predicted molar refractivity (Wildman–Crippen MR) is 128 cm³/mol. The van der Waals surface area contributed by atoms with Gasteiger partial charge in [0.15, 0.2) is 11.5 Å². The van der Waals surface area contributed by atoms with E-state index in [2.05, 4.69) is 4.98 Å². The highest BCUT2D eigenvalue weighted by Gasteiger charge is 2.24. The van der Waals surface area contributed by atoms with Crippen LogP contribution >= 0.6 is 0 Å². The predicted octanol–water partition coefficient (Wildman–Crippen LogP) is 5.61. The van der Waals surface area contributed by atoms with Gasteiger partial charge in [-0.15, -0.1) is 0 Å². The molecular weight excluding hydrogens is 441 g/mol. The molecule has 0 amide bonds. The highest BCUT2D eigenvalue weighted by molar-refractivity contribution is 6.18. The molecule has 0 N–H and O–H groups in total. The molecule has 0 saturated carbocycles. The summed E-state index contributed by atoms with van der Waals surface area (Å²) in [7, 11) is 2.90. The molecule has 1 heterocycles. The van der Waals surface area contributed by atoms with Crippen LogP contribution in [0.1, 0.15) is 61.0 Å². The standard InChI is InChI=1S/C24H24FNO6.C2H6/c1-6-31-24(28)18-12-26-22(16-11-21(30-5)20(29-4)10-15(16)18)23(27)17-9-14(32-13(2)3)7-8-19(17)25;1-2/h7-13H,6H2,1-5H3;1-2H3. The van der Waals surface area contributed by atoms with Crippen LogP contribution in [-0.4, -0.2) is 43.7 Å². The minimum absolute atomic E-state index is 0.0467. The number of hydrogen-bond acceptors (Lipinski definition) is 7. The molecule has 8 heteroatoms. The third kappa shape index (κ3) is 5.62. The van der Waals surface area contributed by atoms with E-state index in [1.807, 2.05) is 27.7 Å². The molecule has 7 nitrogen and oxygen atoms in total. The van der Waals surface area contributed by atoms with Gasteiger partial charge in [-0.25, -0.2) is 9.18 Å². The van der Waals surface area contributed by atoms with Crippen molar-refractivity contribution < 1.29 is 32.9 Å². The average Bonchev–Trinajstić information content (AvgIpc) is 2.84. The number of carbonyl (C=O) groups excluding carboxylic acids is 2. The van der Waals surface area contributed by atoms with E-state index in [0.29, 0.717) is 28.0 Å². The molecule has 3 rings (SSSR count). The van der Waals surface area contributed by atoms with Crippen LogP contribution in [0.2, 0.25) is 0 Å². The molecule has 2 aromatic carbocycles. The number of carbonyl (C=O) groups is 2. The molecule has 0 saturated heterocycles. The van der Waals surface area contributed by atoms with Gasteiger partial charge in [-0.05, 0) is 51.1 Å². The molecule has 0 fully saturated rings. The van der Waals surface area contributed by atoms with Crippen molar-refractivity contribution in [3.05, 3.63) is 59.2 Å². The number of nitrogens with zero attached hydrogens (tertiary/aromatic N) is 1.